The molecule has 2 amide bonds. The third-order valence-electron chi connectivity index (χ3n) is 3.79. The molecule has 1 aromatic rings. The average Bonchev–Trinajstić information content (AvgIpc) is 2.79. The second kappa shape index (κ2) is 5.50. The first-order valence-electron chi connectivity index (χ1n) is 7.14. The van der Waals surface area contributed by atoms with Gasteiger partial charge in [-0.1, -0.05) is 24.7 Å². The number of amides is 2. The van der Waals surface area contributed by atoms with E-state index in [9.17, 15) is 9.59 Å². The number of nitrogens with zero attached hydrogens (tertiary/aromatic N) is 1. The topological polar surface area (TPSA) is 37.4 Å². The average molecular weight is 289 g/mol. The van der Waals surface area contributed by atoms with Crippen LogP contribution in [0.1, 0.15) is 46.0 Å². The lowest BCUT2D eigenvalue weighted by atomic mass is 10.0. The van der Waals surface area contributed by atoms with E-state index in [1.807, 2.05) is 12.2 Å². The highest BCUT2D eigenvalue weighted by Gasteiger charge is 2.37. The Morgan fingerprint density at radius 2 is 2.00 bits per heavy atom. The summed E-state index contributed by atoms with van der Waals surface area (Å²) >= 11 is 0. The van der Waals surface area contributed by atoms with Crippen LogP contribution in [0.25, 0.3) is 0 Å². The van der Waals surface area contributed by atoms with Crippen molar-refractivity contribution >= 4 is 11.8 Å². The maximum absolute atomic E-state index is 12.6. The molecule has 3 rings (SSSR count). The van der Waals surface area contributed by atoms with E-state index in [-0.39, 0.29) is 11.8 Å². The molecule has 0 saturated heterocycles. The zero-order chi connectivity index (χ0) is 15.7. The highest BCUT2D eigenvalue weighted by atomic mass is 16.2. The fraction of sp³-hybridized carbons (Fsp3) is 0.158. The van der Waals surface area contributed by atoms with E-state index in [0.29, 0.717) is 17.5 Å². The number of hydrogen-bond donors (Lipinski definition) is 0. The lowest BCUT2D eigenvalue weighted by Gasteiger charge is -2.20. The third kappa shape index (κ3) is 2.19. The van der Waals surface area contributed by atoms with E-state index < -0.39 is 0 Å². The molecule has 0 atom stereocenters. The van der Waals surface area contributed by atoms with Gasteiger partial charge in [-0.3, -0.25) is 9.59 Å². The second-order valence-corrected chi connectivity index (χ2v) is 5.16. The molecule has 0 unspecified atom stereocenters. The molecule has 108 valence electrons. The Balaban J connectivity index is 2.03. The Hall–Kier alpha value is -2.86. The first-order chi connectivity index (χ1) is 10.7. The van der Waals surface area contributed by atoms with Gasteiger partial charge in [-0.2, -0.15) is 0 Å². The summed E-state index contributed by atoms with van der Waals surface area (Å²) in [6.07, 6.45) is 7.10. The van der Waals surface area contributed by atoms with Gasteiger partial charge in [0.05, 0.1) is 11.1 Å². The Morgan fingerprint density at radius 3 is 2.73 bits per heavy atom. The summed E-state index contributed by atoms with van der Waals surface area (Å²) in [5.41, 5.74) is 3.29. The van der Waals surface area contributed by atoms with E-state index in [1.54, 1.807) is 31.2 Å². The van der Waals surface area contributed by atoms with Crippen molar-refractivity contribution < 1.29 is 9.59 Å². The van der Waals surface area contributed by atoms with Crippen molar-refractivity contribution in [3.63, 3.8) is 0 Å². The van der Waals surface area contributed by atoms with Gasteiger partial charge in [0.1, 0.15) is 0 Å². The van der Waals surface area contributed by atoms with E-state index in [4.69, 9.17) is 0 Å². The molecule has 2 aliphatic rings. The van der Waals surface area contributed by atoms with Gasteiger partial charge in [0.25, 0.3) is 11.8 Å². The monoisotopic (exact) mass is 289 g/mol. The summed E-state index contributed by atoms with van der Waals surface area (Å²) < 4.78 is 0. The minimum Gasteiger partial charge on any atom is -0.268 e. The number of hydrogen-bond acceptors (Lipinski definition) is 2. The smallest absolute Gasteiger partial charge is 0.265 e. The van der Waals surface area contributed by atoms with Crippen LogP contribution in [-0.2, 0) is 0 Å². The minimum absolute atomic E-state index is 0.257. The van der Waals surface area contributed by atoms with Crippen molar-refractivity contribution in [2.75, 3.05) is 0 Å². The maximum Gasteiger partial charge on any atom is 0.265 e. The predicted molar refractivity (Wildman–Crippen MR) is 85.1 cm³/mol. The summed E-state index contributed by atoms with van der Waals surface area (Å²) in [4.78, 5) is 26.5. The maximum atomic E-state index is 12.6. The SMILES string of the molecule is C=CC1=CCCC(N2C(=O)c3ccc(C#CC)cc3C2=O)=C1. The number of carbonyl (C=O) groups is 2. The van der Waals surface area contributed by atoms with Crippen molar-refractivity contribution in [3.8, 4) is 11.8 Å². The summed E-state index contributed by atoms with van der Waals surface area (Å²) in [5, 5.41) is 0. The molecular weight excluding hydrogens is 274 g/mol. The van der Waals surface area contributed by atoms with Crippen LogP contribution in [0.3, 0.4) is 0 Å². The van der Waals surface area contributed by atoms with Gasteiger partial charge >= 0.3 is 0 Å². The second-order valence-electron chi connectivity index (χ2n) is 5.16. The van der Waals surface area contributed by atoms with Crippen molar-refractivity contribution in [3.05, 3.63) is 71.0 Å². The van der Waals surface area contributed by atoms with Crippen molar-refractivity contribution in [1.82, 2.24) is 4.90 Å². The number of rotatable bonds is 2. The molecule has 22 heavy (non-hydrogen) atoms. The summed E-state index contributed by atoms with van der Waals surface area (Å²) in [6, 6.07) is 5.15. The van der Waals surface area contributed by atoms with Gasteiger partial charge in [0, 0.05) is 11.3 Å². The van der Waals surface area contributed by atoms with Gasteiger partial charge in [0.15, 0.2) is 0 Å². The van der Waals surface area contributed by atoms with E-state index >= 15 is 0 Å². The molecule has 0 aromatic heterocycles. The fourth-order valence-electron chi connectivity index (χ4n) is 2.75. The zero-order valence-corrected chi connectivity index (χ0v) is 12.3. The molecule has 0 radical (unpaired) electrons. The van der Waals surface area contributed by atoms with Crippen molar-refractivity contribution in [2.45, 2.75) is 19.8 Å². The molecule has 3 heteroatoms. The zero-order valence-electron chi connectivity index (χ0n) is 12.3. The van der Waals surface area contributed by atoms with Crippen LogP contribution in [0.2, 0.25) is 0 Å². The van der Waals surface area contributed by atoms with Crippen LogP contribution in [0, 0.1) is 11.8 Å². The van der Waals surface area contributed by atoms with Gasteiger partial charge in [-0.25, -0.2) is 4.90 Å². The van der Waals surface area contributed by atoms with Gasteiger partial charge < -0.3 is 0 Å². The van der Waals surface area contributed by atoms with Crippen LogP contribution in [0.15, 0.2) is 54.3 Å². The summed E-state index contributed by atoms with van der Waals surface area (Å²) in [7, 11) is 0. The van der Waals surface area contributed by atoms with Crippen molar-refractivity contribution in [2.24, 2.45) is 0 Å². The first-order valence-corrected chi connectivity index (χ1v) is 7.14. The standard InChI is InChI=1S/C19H15NO2/c1-3-6-14-9-10-16-17(12-14)19(22)20(18(16)21)15-8-5-7-13(4-2)11-15/h4,7,9-12H,2,5,8H2,1H3. The van der Waals surface area contributed by atoms with E-state index in [1.165, 1.54) is 4.90 Å². The molecule has 0 saturated carbocycles. The van der Waals surface area contributed by atoms with Crippen LogP contribution in [-0.4, -0.2) is 16.7 Å². The number of fused-ring (bicyclic) bond motifs is 1. The van der Waals surface area contributed by atoms with Crippen LogP contribution < -0.4 is 0 Å². The quantitative estimate of drug-likeness (QED) is 0.618. The van der Waals surface area contributed by atoms with Crippen molar-refractivity contribution in [1.29, 1.82) is 0 Å². The fourth-order valence-corrected chi connectivity index (χ4v) is 2.75. The molecule has 0 N–H and O–H groups in total. The summed E-state index contributed by atoms with van der Waals surface area (Å²) in [5.74, 6) is 5.19. The lowest BCUT2D eigenvalue weighted by Crippen LogP contribution is -2.29. The Morgan fingerprint density at radius 1 is 1.23 bits per heavy atom. The van der Waals surface area contributed by atoms with Crippen LogP contribution >= 0.6 is 0 Å². The molecule has 1 heterocycles. The molecule has 0 fully saturated rings. The number of imide groups is 1. The lowest BCUT2D eigenvalue weighted by molar-refractivity contribution is 0.0699. The molecule has 3 nitrogen and oxygen atoms in total. The van der Waals surface area contributed by atoms with E-state index in [0.717, 1.165) is 23.3 Å². The highest BCUT2D eigenvalue weighted by Crippen LogP contribution is 2.31. The summed E-state index contributed by atoms with van der Waals surface area (Å²) in [6.45, 7) is 5.48. The Kier molecular flexibility index (Phi) is 3.52. The molecule has 0 bridgehead atoms. The number of allylic oxidation sites excluding steroid dienone is 5. The van der Waals surface area contributed by atoms with Gasteiger partial charge in [0.2, 0.25) is 0 Å². The molecule has 1 aliphatic heterocycles. The predicted octanol–water partition coefficient (Wildman–Crippen LogP) is 3.44. The molecule has 0 spiro atoms. The largest absolute Gasteiger partial charge is 0.268 e. The van der Waals surface area contributed by atoms with Gasteiger partial charge in [-0.15, -0.1) is 5.92 Å². The normalized spacial score (nSPS) is 16.5. The Bertz CT molecular complexity index is 816. The number of benzene rings is 1. The minimum atomic E-state index is -0.267. The van der Waals surface area contributed by atoms with Crippen LogP contribution in [0.4, 0.5) is 0 Å². The molecule has 1 aromatic carbocycles. The van der Waals surface area contributed by atoms with Gasteiger partial charge in [-0.05, 0) is 49.6 Å². The molecule has 1 aliphatic carbocycles. The molecular formula is C19H15NO2. The first kappa shape index (κ1) is 14.1. The highest BCUT2D eigenvalue weighted by molar-refractivity contribution is 6.22. The van der Waals surface area contributed by atoms with E-state index in [2.05, 4.69) is 18.4 Å². The number of carbonyl (C=O) groups excluding carboxylic acids is 2. The Labute approximate surface area is 129 Å². The third-order valence-corrected chi connectivity index (χ3v) is 3.79. The van der Waals surface area contributed by atoms with Crippen LogP contribution in [0.5, 0.6) is 0 Å².